The predicted molar refractivity (Wildman–Crippen MR) is 105 cm³/mol. The number of nitrogens with zero attached hydrogens (tertiary/aromatic N) is 4. The van der Waals surface area contributed by atoms with Crippen LogP contribution in [0.1, 0.15) is 18.4 Å². The standard InChI is InChI=1S/C18H23Cl2N5/c1-24(2)18-21-8-7-17(23-18)22-14-4-3-9-25(12-14)11-13-5-6-15(19)16(20)10-13/h5-8,10,14H,3-4,9,11-12H2,1-2H3,(H,21,22,23). The third-order valence-corrected chi connectivity index (χ3v) is 5.03. The number of nitrogens with one attached hydrogen (secondary N) is 1. The summed E-state index contributed by atoms with van der Waals surface area (Å²) in [6, 6.07) is 8.16. The maximum absolute atomic E-state index is 6.13. The number of likely N-dealkylation sites (tertiary alicyclic amines) is 1. The summed E-state index contributed by atoms with van der Waals surface area (Å²) in [6.45, 7) is 2.94. The first-order valence-corrected chi connectivity index (χ1v) is 9.20. The zero-order chi connectivity index (χ0) is 17.8. The van der Waals surface area contributed by atoms with E-state index in [1.54, 1.807) is 6.20 Å². The zero-order valence-corrected chi connectivity index (χ0v) is 16.1. The first-order chi connectivity index (χ1) is 12.0. The Morgan fingerprint density at radius 2 is 2.08 bits per heavy atom. The Kier molecular flexibility index (Phi) is 5.99. The van der Waals surface area contributed by atoms with E-state index in [0.717, 1.165) is 38.3 Å². The highest BCUT2D eigenvalue weighted by atomic mass is 35.5. The minimum absolute atomic E-state index is 0.376. The van der Waals surface area contributed by atoms with E-state index < -0.39 is 0 Å². The predicted octanol–water partition coefficient (Wildman–Crippen LogP) is 3.93. The van der Waals surface area contributed by atoms with Crippen molar-refractivity contribution in [3.8, 4) is 0 Å². The van der Waals surface area contributed by atoms with Crippen LogP contribution in [0.4, 0.5) is 11.8 Å². The topological polar surface area (TPSA) is 44.3 Å². The molecule has 1 saturated heterocycles. The van der Waals surface area contributed by atoms with Gasteiger partial charge in [-0.3, -0.25) is 4.90 Å². The van der Waals surface area contributed by atoms with Crippen molar-refractivity contribution in [3.63, 3.8) is 0 Å². The van der Waals surface area contributed by atoms with Gasteiger partial charge in [0, 0.05) is 39.4 Å². The lowest BCUT2D eigenvalue weighted by molar-refractivity contribution is 0.208. The van der Waals surface area contributed by atoms with Gasteiger partial charge in [-0.15, -0.1) is 0 Å². The lowest BCUT2D eigenvalue weighted by Crippen LogP contribution is -2.41. The first-order valence-electron chi connectivity index (χ1n) is 8.44. The van der Waals surface area contributed by atoms with Crippen LogP contribution in [-0.4, -0.2) is 48.1 Å². The third kappa shape index (κ3) is 4.97. The Morgan fingerprint density at radius 3 is 2.84 bits per heavy atom. The molecule has 0 spiro atoms. The number of benzene rings is 1. The normalized spacial score (nSPS) is 18.2. The number of anilines is 2. The molecule has 1 atom stereocenters. The molecule has 1 aromatic carbocycles. The molecule has 25 heavy (non-hydrogen) atoms. The molecule has 0 amide bonds. The van der Waals surface area contributed by atoms with Crippen LogP contribution in [0.25, 0.3) is 0 Å². The summed E-state index contributed by atoms with van der Waals surface area (Å²) in [7, 11) is 3.89. The van der Waals surface area contributed by atoms with Crippen LogP contribution in [0.3, 0.4) is 0 Å². The molecule has 3 rings (SSSR count). The summed E-state index contributed by atoms with van der Waals surface area (Å²) in [5.41, 5.74) is 1.19. The largest absolute Gasteiger partial charge is 0.366 e. The molecule has 5 nitrogen and oxygen atoms in total. The number of halogens is 2. The number of hydrogen-bond acceptors (Lipinski definition) is 5. The van der Waals surface area contributed by atoms with Crippen LogP contribution in [-0.2, 0) is 6.54 Å². The third-order valence-electron chi connectivity index (χ3n) is 4.29. The fourth-order valence-corrected chi connectivity index (χ4v) is 3.39. The monoisotopic (exact) mass is 379 g/mol. The highest BCUT2D eigenvalue weighted by molar-refractivity contribution is 6.42. The van der Waals surface area contributed by atoms with Gasteiger partial charge in [0.15, 0.2) is 0 Å². The molecule has 0 bridgehead atoms. The van der Waals surface area contributed by atoms with E-state index in [0.29, 0.717) is 22.0 Å². The van der Waals surface area contributed by atoms with E-state index in [-0.39, 0.29) is 0 Å². The van der Waals surface area contributed by atoms with E-state index in [1.807, 2.05) is 43.3 Å². The minimum atomic E-state index is 0.376. The molecule has 0 radical (unpaired) electrons. The summed E-state index contributed by atoms with van der Waals surface area (Å²) < 4.78 is 0. The molecule has 0 aliphatic carbocycles. The van der Waals surface area contributed by atoms with Crippen molar-refractivity contribution in [1.82, 2.24) is 14.9 Å². The Hall–Kier alpha value is -1.56. The second-order valence-electron chi connectivity index (χ2n) is 6.60. The van der Waals surface area contributed by atoms with Crippen LogP contribution >= 0.6 is 23.2 Å². The molecular formula is C18H23Cl2N5. The molecule has 1 aliphatic heterocycles. The number of rotatable bonds is 5. The molecule has 1 fully saturated rings. The molecule has 1 unspecified atom stereocenters. The van der Waals surface area contributed by atoms with E-state index in [4.69, 9.17) is 23.2 Å². The Labute approximate surface area is 159 Å². The van der Waals surface area contributed by atoms with Crippen molar-refractivity contribution in [2.75, 3.05) is 37.4 Å². The molecule has 1 N–H and O–H groups in total. The summed E-state index contributed by atoms with van der Waals surface area (Å²) in [4.78, 5) is 13.2. The van der Waals surface area contributed by atoms with Gasteiger partial charge in [-0.1, -0.05) is 29.3 Å². The molecule has 7 heteroatoms. The van der Waals surface area contributed by atoms with Gasteiger partial charge >= 0.3 is 0 Å². The van der Waals surface area contributed by atoms with Gasteiger partial charge in [-0.05, 0) is 43.1 Å². The van der Waals surface area contributed by atoms with Crippen LogP contribution < -0.4 is 10.2 Å². The lowest BCUT2D eigenvalue weighted by Gasteiger charge is -2.33. The van der Waals surface area contributed by atoms with E-state index in [2.05, 4.69) is 20.2 Å². The quantitative estimate of drug-likeness (QED) is 0.852. The van der Waals surface area contributed by atoms with Crippen molar-refractivity contribution in [2.45, 2.75) is 25.4 Å². The molecule has 1 aromatic heterocycles. The highest BCUT2D eigenvalue weighted by Gasteiger charge is 2.20. The van der Waals surface area contributed by atoms with Crippen LogP contribution in [0.5, 0.6) is 0 Å². The SMILES string of the molecule is CN(C)c1nccc(NC2CCCN(Cc3ccc(Cl)c(Cl)c3)C2)n1. The average Bonchev–Trinajstić information content (AvgIpc) is 2.59. The molecular weight excluding hydrogens is 357 g/mol. The Morgan fingerprint density at radius 1 is 1.24 bits per heavy atom. The summed E-state index contributed by atoms with van der Waals surface area (Å²) in [6.07, 6.45) is 4.09. The second-order valence-corrected chi connectivity index (χ2v) is 7.42. The van der Waals surface area contributed by atoms with Gasteiger partial charge in [0.2, 0.25) is 5.95 Å². The number of aromatic nitrogens is 2. The summed E-state index contributed by atoms with van der Waals surface area (Å²) in [5.74, 6) is 1.59. The van der Waals surface area contributed by atoms with Crippen molar-refractivity contribution >= 4 is 35.0 Å². The molecule has 134 valence electrons. The fourth-order valence-electron chi connectivity index (χ4n) is 3.07. The Bertz CT molecular complexity index is 722. The highest BCUT2D eigenvalue weighted by Crippen LogP contribution is 2.24. The molecule has 2 heterocycles. The maximum atomic E-state index is 6.13. The van der Waals surface area contributed by atoms with Gasteiger partial charge in [0.1, 0.15) is 5.82 Å². The van der Waals surface area contributed by atoms with Crippen LogP contribution in [0, 0.1) is 0 Å². The molecule has 1 aliphatic rings. The minimum Gasteiger partial charge on any atom is -0.366 e. The van der Waals surface area contributed by atoms with Gasteiger partial charge in [-0.2, -0.15) is 4.98 Å². The van der Waals surface area contributed by atoms with Crippen molar-refractivity contribution < 1.29 is 0 Å². The summed E-state index contributed by atoms with van der Waals surface area (Å²) >= 11 is 12.1. The first kappa shape index (κ1) is 18.2. The van der Waals surface area contributed by atoms with E-state index in [9.17, 15) is 0 Å². The van der Waals surface area contributed by atoms with Gasteiger partial charge in [-0.25, -0.2) is 4.98 Å². The van der Waals surface area contributed by atoms with Crippen molar-refractivity contribution in [2.24, 2.45) is 0 Å². The smallest absolute Gasteiger partial charge is 0.226 e. The number of piperidine rings is 1. The lowest BCUT2D eigenvalue weighted by atomic mass is 10.0. The van der Waals surface area contributed by atoms with E-state index in [1.165, 1.54) is 5.56 Å². The average molecular weight is 380 g/mol. The number of hydrogen-bond donors (Lipinski definition) is 1. The van der Waals surface area contributed by atoms with E-state index >= 15 is 0 Å². The summed E-state index contributed by atoms with van der Waals surface area (Å²) in [5, 5.41) is 4.76. The molecule has 2 aromatic rings. The molecule has 0 saturated carbocycles. The van der Waals surface area contributed by atoms with Crippen molar-refractivity contribution in [3.05, 3.63) is 46.1 Å². The second kappa shape index (κ2) is 8.21. The van der Waals surface area contributed by atoms with Crippen molar-refractivity contribution in [1.29, 1.82) is 0 Å². The van der Waals surface area contributed by atoms with Gasteiger partial charge in [0.05, 0.1) is 10.0 Å². The van der Waals surface area contributed by atoms with Crippen LogP contribution in [0.15, 0.2) is 30.5 Å². The fraction of sp³-hybridized carbons (Fsp3) is 0.444. The maximum Gasteiger partial charge on any atom is 0.226 e. The Balaban J connectivity index is 1.61. The van der Waals surface area contributed by atoms with Gasteiger partial charge < -0.3 is 10.2 Å². The van der Waals surface area contributed by atoms with Crippen LogP contribution in [0.2, 0.25) is 10.0 Å². The zero-order valence-electron chi connectivity index (χ0n) is 14.5. The van der Waals surface area contributed by atoms with Gasteiger partial charge in [0.25, 0.3) is 0 Å².